The first-order valence-corrected chi connectivity index (χ1v) is 4.47. The number of hydrogen-bond donors (Lipinski definition) is 0. The van der Waals surface area contributed by atoms with E-state index < -0.39 is 23.1 Å². The van der Waals surface area contributed by atoms with Crippen molar-refractivity contribution in [1.82, 2.24) is 0 Å². The Bertz CT molecular complexity index is 313. The molecule has 1 rings (SSSR count). The number of rotatable bonds is 2. The molecule has 0 heterocycles. The minimum atomic E-state index is -1.89. The largest absolute Gasteiger partial charge is 0.468 e. The molecule has 0 saturated heterocycles. The van der Waals surface area contributed by atoms with E-state index in [-0.39, 0.29) is 6.42 Å². The molecule has 0 atom stereocenters. The second kappa shape index (κ2) is 4.25. The van der Waals surface area contributed by atoms with Gasteiger partial charge in [-0.05, 0) is 6.42 Å². The predicted molar refractivity (Wildman–Crippen MR) is 49.8 cm³/mol. The van der Waals surface area contributed by atoms with Crippen LogP contribution in [0.15, 0.2) is 12.2 Å². The van der Waals surface area contributed by atoms with E-state index in [0.717, 1.165) is 14.2 Å². The predicted octanol–water partition coefficient (Wildman–Crippen LogP) is 0.238. The van der Waals surface area contributed by atoms with Crippen LogP contribution in [0.5, 0.6) is 0 Å². The van der Waals surface area contributed by atoms with E-state index >= 15 is 0 Å². The fourth-order valence-corrected chi connectivity index (χ4v) is 1.53. The van der Waals surface area contributed by atoms with Gasteiger partial charge in [-0.1, -0.05) is 12.2 Å². The lowest BCUT2D eigenvalue weighted by Crippen LogP contribution is -2.47. The first kappa shape index (κ1) is 11.4. The molecule has 0 spiro atoms. The number of hydrogen-bond acceptors (Lipinski definition) is 5. The standard InChI is InChI=1S/C10H12O5/c1-14-8(12)10(9(13)15-2)6-4-3-5-7(10)11/h4,6H,3,5H2,1-2H3. The average Bonchev–Trinajstić information content (AvgIpc) is 2.28. The van der Waals surface area contributed by atoms with E-state index in [4.69, 9.17) is 0 Å². The lowest BCUT2D eigenvalue weighted by molar-refractivity contribution is -0.168. The summed E-state index contributed by atoms with van der Waals surface area (Å²) < 4.78 is 8.95. The number of carbonyl (C=O) groups is 3. The molecule has 0 radical (unpaired) electrons. The highest BCUT2D eigenvalue weighted by molar-refractivity contribution is 6.22. The molecule has 0 aliphatic heterocycles. The Labute approximate surface area is 87.0 Å². The zero-order valence-electron chi connectivity index (χ0n) is 8.61. The van der Waals surface area contributed by atoms with Gasteiger partial charge < -0.3 is 9.47 Å². The second-order valence-electron chi connectivity index (χ2n) is 3.16. The van der Waals surface area contributed by atoms with E-state index in [2.05, 4.69) is 9.47 Å². The number of ketones is 1. The molecule has 0 fully saturated rings. The summed E-state index contributed by atoms with van der Waals surface area (Å²) >= 11 is 0. The number of methoxy groups -OCH3 is 2. The number of allylic oxidation sites excluding steroid dienone is 1. The molecule has 0 aromatic carbocycles. The summed E-state index contributed by atoms with van der Waals surface area (Å²) in [6, 6.07) is 0. The molecule has 0 amide bonds. The van der Waals surface area contributed by atoms with Gasteiger partial charge in [0.2, 0.25) is 5.41 Å². The van der Waals surface area contributed by atoms with Gasteiger partial charge in [-0.2, -0.15) is 0 Å². The first-order chi connectivity index (χ1) is 7.09. The fraction of sp³-hybridized carbons (Fsp3) is 0.500. The lowest BCUT2D eigenvalue weighted by Gasteiger charge is -2.25. The summed E-state index contributed by atoms with van der Waals surface area (Å²) in [5.41, 5.74) is -1.89. The molecule has 5 heteroatoms. The van der Waals surface area contributed by atoms with Gasteiger partial charge in [-0.25, -0.2) is 0 Å². The normalized spacial score (nSPS) is 18.4. The van der Waals surface area contributed by atoms with Crippen molar-refractivity contribution in [2.75, 3.05) is 14.2 Å². The molecule has 5 nitrogen and oxygen atoms in total. The van der Waals surface area contributed by atoms with Crippen LogP contribution in [-0.4, -0.2) is 31.9 Å². The maximum absolute atomic E-state index is 11.7. The zero-order valence-corrected chi connectivity index (χ0v) is 8.61. The molecule has 1 aliphatic carbocycles. The quantitative estimate of drug-likeness (QED) is 0.372. The van der Waals surface area contributed by atoms with Crippen molar-refractivity contribution < 1.29 is 23.9 Å². The Balaban J connectivity index is 3.21. The third-order valence-corrected chi connectivity index (χ3v) is 2.36. The van der Waals surface area contributed by atoms with Crippen molar-refractivity contribution in [2.24, 2.45) is 5.41 Å². The van der Waals surface area contributed by atoms with Crippen LogP contribution in [0.25, 0.3) is 0 Å². The van der Waals surface area contributed by atoms with Crippen LogP contribution < -0.4 is 0 Å². The van der Waals surface area contributed by atoms with Gasteiger partial charge in [0.25, 0.3) is 0 Å². The molecule has 0 N–H and O–H groups in total. The minimum absolute atomic E-state index is 0.140. The lowest BCUT2D eigenvalue weighted by atomic mass is 9.77. The van der Waals surface area contributed by atoms with Crippen LogP contribution in [0.2, 0.25) is 0 Å². The van der Waals surface area contributed by atoms with Crippen LogP contribution in [-0.2, 0) is 23.9 Å². The van der Waals surface area contributed by atoms with E-state index in [1.54, 1.807) is 6.08 Å². The zero-order chi connectivity index (χ0) is 11.5. The molecular weight excluding hydrogens is 200 g/mol. The van der Waals surface area contributed by atoms with E-state index in [1.165, 1.54) is 6.08 Å². The molecule has 0 aromatic heterocycles. The van der Waals surface area contributed by atoms with Crippen LogP contribution >= 0.6 is 0 Å². The smallest absolute Gasteiger partial charge is 0.334 e. The van der Waals surface area contributed by atoms with Crippen molar-refractivity contribution in [3.63, 3.8) is 0 Å². The molecule has 15 heavy (non-hydrogen) atoms. The van der Waals surface area contributed by atoms with Gasteiger partial charge >= 0.3 is 11.9 Å². The van der Waals surface area contributed by atoms with E-state index in [0.29, 0.717) is 6.42 Å². The third kappa shape index (κ3) is 1.65. The minimum Gasteiger partial charge on any atom is -0.468 e. The van der Waals surface area contributed by atoms with Gasteiger partial charge in [0.15, 0.2) is 5.78 Å². The maximum atomic E-state index is 11.7. The van der Waals surface area contributed by atoms with Crippen molar-refractivity contribution in [3.8, 4) is 0 Å². The van der Waals surface area contributed by atoms with E-state index in [9.17, 15) is 14.4 Å². The number of ether oxygens (including phenoxy) is 2. The number of esters is 2. The van der Waals surface area contributed by atoms with Crippen molar-refractivity contribution >= 4 is 17.7 Å². The second-order valence-corrected chi connectivity index (χ2v) is 3.16. The van der Waals surface area contributed by atoms with Crippen LogP contribution in [0.1, 0.15) is 12.8 Å². The van der Waals surface area contributed by atoms with Crippen LogP contribution in [0.3, 0.4) is 0 Å². The molecule has 0 saturated carbocycles. The van der Waals surface area contributed by atoms with Crippen molar-refractivity contribution in [2.45, 2.75) is 12.8 Å². The van der Waals surface area contributed by atoms with E-state index in [1.807, 2.05) is 0 Å². The summed E-state index contributed by atoms with van der Waals surface area (Å²) in [6.07, 6.45) is 3.53. The Morgan fingerprint density at radius 3 is 2.20 bits per heavy atom. The van der Waals surface area contributed by atoms with Crippen LogP contribution in [0, 0.1) is 5.41 Å². The van der Waals surface area contributed by atoms with Gasteiger partial charge in [0.1, 0.15) is 0 Å². The summed E-state index contributed by atoms with van der Waals surface area (Å²) in [5.74, 6) is -2.27. The van der Waals surface area contributed by atoms with Crippen molar-refractivity contribution in [3.05, 3.63) is 12.2 Å². The number of carbonyl (C=O) groups excluding carboxylic acids is 3. The topological polar surface area (TPSA) is 69.7 Å². The highest BCUT2D eigenvalue weighted by atomic mass is 16.5. The summed E-state index contributed by atoms with van der Waals surface area (Å²) in [6.45, 7) is 0. The van der Waals surface area contributed by atoms with Gasteiger partial charge in [0, 0.05) is 6.42 Å². The first-order valence-electron chi connectivity index (χ1n) is 4.47. The molecule has 0 aromatic rings. The molecule has 1 aliphatic rings. The van der Waals surface area contributed by atoms with Gasteiger partial charge in [0.05, 0.1) is 14.2 Å². The average molecular weight is 212 g/mol. The summed E-state index contributed by atoms with van der Waals surface area (Å²) in [4.78, 5) is 34.7. The number of Topliss-reactive ketones (excluding diaryl/α,β-unsaturated/α-hetero) is 1. The Hall–Kier alpha value is -1.65. The van der Waals surface area contributed by atoms with Crippen molar-refractivity contribution in [1.29, 1.82) is 0 Å². The highest BCUT2D eigenvalue weighted by Crippen LogP contribution is 2.30. The highest BCUT2D eigenvalue weighted by Gasteiger charge is 2.53. The summed E-state index contributed by atoms with van der Waals surface area (Å²) in [7, 11) is 2.26. The SMILES string of the molecule is COC(=O)C1(C(=O)OC)C=CCCC1=O. The van der Waals surface area contributed by atoms with Crippen LogP contribution in [0.4, 0.5) is 0 Å². The van der Waals surface area contributed by atoms with Gasteiger partial charge in [-0.15, -0.1) is 0 Å². The molecule has 82 valence electrons. The molecule has 0 unspecified atom stereocenters. The Morgan fingerprint density at radius 2 is 1.80 bits per heavy atom. The molecule has 0 bridgehead atoms. The third-order valence-electron chi connectivity index (χ3n) is 2.36. The monoisotopic (exact) mass is 212 g/mol. The summed E-state index contributed by atoms with van der Waals surface area (Å²) in [5, 5.41) is 0. The maximum Gasteiger partial charge on any atom is 0.334 e. The molecular formula is C10H12O5. The van der Waals surface area contributed by atoms with Gasteiger partial charge in [-0.3, -0.25) is 14.4 Å². The fourth-order valence-electron chi connectivity index (χ4n) is 1.53. The Morgan fingerprint density at radius 1 is 1.27 bits per heavy atom. The Kier molecular flexibility index (Phi) is 3.24.